The molecule has 1 aliphatic carbocycles. The highest BCUT2D eigenvalue weighted by Crippen LogP contribution is 2.38. The topological polar surface area (TPSA) is 99.1 Å². The predicted molar refractivity (Wildman–Crippen MR) is 103 cm³/mol. The smallest absolute Gasteiger partial charge is 0.414 e. The molecule has 1 N–H and O–H groups in total. The van der Waals surface area contributed by atoms with Crippen LogP contribution in [0.25, 0.3) is 11.5 Å². The van der Waals surface area contributed by atoms with Gasteiger partial charge in [-0.15, -0.1) is 5.10 Å². The highest BCUT2D eigenvalue weighted by atomic mass is 16.6. The third kappa shape index (κ3) is 4.88. The first-order chi connectivity index (χ1) is 13.8. The Morgan fingerprint density at radius 2 is 2.11 bits per heavy atom. The van der Waals surface area contributed by atoms with Gasteiger partial charge >= 0.3 is 6.08 Å². The van der Waals surface area contributed by atoms with Crippen molar-refractivity contribution in [3.05, 3.63) is 36.0 Å². The molecule has 28 heavy (non-hydrogen) atoms. The van der Waals surface area contributed by atoms with E-state index in [2.05, 4.69) is 25.7 Å². The van der Waals surface area contributed by atoms with E-state index in [0.717, 1.165) is 55.2 Å². The van der Waals surface area contributed by atoms with Crippen LogP contribution in [0.3, 0.4) is 0 Å². The van der Waals surface area contributed by atoms with Crippen LogP contribution < -0.4 is 10.1 Å². The molecule has 0 unspecified atom stereocenters. The van der Waals surface area contributed by atoms with Gasteiger partial charge in [-0.2, -0.15) is 4.98 Å². The number of anilines is 1. The minimum absolute atomic E-state index is 0.196. The summed E-state index contributed by atoms with van der Waals surface area (Å²) in [6, 6.07) is 7.94. The highest BCUT2D eigenvalue weighted by molar-refractivity contribution is 5.61. The van der Waals surface area contributed by atoms with Crippen molar-refractivity contribution in [1.82, 2.24) is 20.3 Å². The number of ether oxygens (including phenoxy) is 1. The fourth-order valence-corrected chi connectivity index (χ4v) is 2.96. The van der Waals surface area contributed by atoms with E-state index >= 15 is 0 Å². The standard InChI is InChI=1S/C20H25N5O3/c1-2-26-20-24-23-19(27-20)15-7-6-8-16(13-15)21-12-5-3-4-9-17-22-18(25-28-17)14-10-11-14/h6-8,13-14,21H,2-5,9-12H2,1H3. The van der Waals surface area contributed by atoms with Gasteiger partial charge in [-0.05, 0) is 50.8 Å². The molecule has 1 fully saturated rings. The minimum Gasteiger partial charge on any atom is -0.449 e. The van der Waals surface area contributed by atoms with Crippen molar-refractivity contribution >= 4 is 5.69 Å². The van der Waals surface area contributed by atoms with Crippen LogP contribution in [0.1, 0.15) is 56.7 Å². The Morgan fingerprint density at radius 1 is 1.18 bits per heavy atom. The number of nitrogens with zero attached hydrogens (tertiary/aromatic N) is 4. The van der Waals surface area contributed by atoms with E-state index in [-0.39, 0.29) is 6.08 Å². The average Bonchev–Trinajstić information content (AvgIpc) is 3.27. The maximum absolute atomic E-state index is 5.49. The van der Waals surface area contributed by atoms with Gasteiger partial charge in [0.15, 0.2) is 5.82 Å². The summed E-state index contributed by atoms with van der Waals surface area (Å²) in [6.07, 6.45) is 6.68. The molecule has 1 aromatic carbocycles. The Balaban J connectivity index is 1.18. The van der Waals surface area contributed by atoms with Crippen LogP contribution in [0.15, 0.2) is 33.2 Å². The molecule has 0 aliphatic heterocycles. The number of rotatable bonds is 11. The molecule has 0 saturated heterocycles. The monoisotopic (exact) mass is 383 g/mol. The molecule has 2 aromatic heterocycles. The minimum atomic E-state index is 0.196. The fraction of sp³-hybridized carbons (Fsp3) is 0.500. The van der Waals surface area contributed by atoms with Crippen LogP contribution in [-0.2, 0) is 6.42 Å². The van der Waals surface area contributed by atoms with Crippen LogP contribution >= 0.6 is 0 Å². The van der Waals surface area contributed by atoms with Gasteiger partial charge in [0.1, 0.15) is 0 Å². The Hall–Kier alpha value is -2.90. The first kappa shape index (κ1) is 18.5. The lowest BCUT2D eigenvalue weighted by Gasteiger charge is -2.07. The number of hydrogen-bond acceptors (Lipinski definition) is 8. The van der Waals surface area contributed by atoms with Crippen LogP contribution in [0.5, 0.6) is 6.08 Å². The van der Waals surface area contributed by atoms with Crippen LogP contribution in [0, 0.1) is 0 Å². The Kier molecular flexibility index (Phi) is 5.84. The van der Waals surface area contributed by atoms with Crippen molar-refractivity contribution < 1.29 is 13.7 Å². The third-order valence-electron chi connectivity index (χ3n) is 4.61. The van der Waals surface area contributed by atoms with E-state index in [9.17, 15) is 0 Å². The Labute approximate surface area is 163 Å². The lowest BCUT2D eigenvalue weighted by molar-refractivity contribution is 0.247. The Bertz CT molecular complexity index is 887. The second-order valence-corrected chi connectivity index (χ2v) is 6.94. The number of unbranched alkanes of at least 4 members (excludes halogenated alkanes) is 2. The zero-order valence-corrected chi connectivity index (χ0v) is 16.1. The molecule has 3 aromatic rings. The zero-order valence-electron chi connectivity index (χ0n) is 16.1. The molecular formula is C20H25N5O3. The molecule has 1 aliphatic rings. The quantitative estimate of drug-likeness (QED) is 0.491. The van der Waals surface area contributed by atoms with Gasteiger partial charge in [-0.25, -0.2) is 0 Å². The van der Waals surface area contributed by atoms with E-state index < -0.39 is 0 Å². The molecule has 148 valence electrons. The molecule has 4 rings (SSSR count). The summed E-state index contributed by atoms with van der Waals surface area (Å²) in [7, 11) is 0. The molecule has 0 amide bonds. The maximum Gasteiger partial charge on any atom is 0.414 e. The number of aryl methyl sites for hydroxylation is 1. The van der Waals surface area contributed by atoms with Crippen molar-refractivity contribution in [2.24, 2.45) is 0 Å². The summed E-state index contributed by atoms with van der Waals surface area (Å²) in [5.41, 5.74) is 1.89. The number of hydrogen-bond donors (Lipinski definition) is 1. The number of benzene rings is 1. The Morgan fingerprint density at radius 3 is 2.96 bits per heavy atom. The van der Waals surface area contributed by atoms with Crippen LogP contribution in [0.4, 0.5) is 5.69 Å². The molecule has 0 atom stereocenters. The van der Waals surface area contributed by atoms with E-state index in [1.54, 1.807) is 0 Å². The van der Waals surface area contributed by atoms with Gasteiger partial charge in [0.25, 0.3) is 5.89 Å². The van der Waals surface area contributed by atoms with Gasteiger partial charge in [-0.3, -0.25) is 0 Å². The largest absolute Gasteiger partial charge is 0.449 e. The van der Waals surface area contributed by atoms with Crippen molar-refractivity contribution in [1.29, 1.82) is 0 Å². The molecule has 8 nitrogen and oxygen atoms in total. The summed E-state index contributed by atoms with van der Waals surface area (Å²) >= 11 is 0. The first-order valence-corrected chi connectivity index (χ1v) is 9.95. The van der Waals surface area contributed by atoms with Gasteiger partial charge < -0.3 is 19.0 Å². The summed E-state index contributed by atoms with van der Waals surface area (Å²) in [5, 5.41) is 15.4. The maximum atomic E-state index is 5.49. The van der Waals surface area contributed by atoms with Crippen molar-refractivity contribution in [3.8, 4) is 17.5 Å². The lowest BCUT2D eigenvalue weighted by Crippen LogP contribution is -2.01. The second kappa shape index (κ2) is 8.86. The van der Waals surface area contributed by atoms with Crippen LogP contribution in [0.2, 0.25) is 0 Å². The number of aromatic nitrogens is 4. The fourth-order valence-electron chi connectivity index (χ4n) is 2.96. The second-order valence-electron chi connectivity index (χ2n) is 6.94. The summed E-state index contributed by atoms with van der Waals surface area (Å²) in [4.78, 5) is 4.47. The molecule has 0 spiro atoms. The van der Waals surface area contributed by atoms with Gasteiger partial charge in [0.2, 0.25) is 5.89 Å². The summed E-state index contributed by atoms with van der Waals surface area (Å²) < 4.78 is 16.0. The molecular weight excluding hydrogens is 358 g/mol. The predicted octanol–water partition coefficient (Wildman–Crippen LogP) is 4.22. The summed E-state index contributed by atoms with van der Waals surface area (Å²) in [5.74, 6) is 2.67. The van der Waals surface area contributed by atoms with E-state index in [1.807, 2.05) is 31.2 Å². The highest BCUT2D eigenvalue weighted by Gasteiger charge is 2.28. The van der Waals surface area contributed by atoms with Crippen molar-refractivity contribution in [2.45, 2.75) is 51.4 Å². The van der Waals surface area contributed by atoms with E-state index in [4.69, 9.17) is 13.7 Å². The lowest BCUT2D eigenvalue weighted by atomic mass is 10.1. The van der Waals surface area contributed by atoms with Gasteiger partial charge in [0.05, 0.1) is 6.61 Å². The van der Waals surface area contributed by atoms with Gasteiger partial charge in [0, 0.05) is 30.1 Å². The average molecular weight is 383 g/mol. The molecule has 1 saturated carbocycles. The molecule has 0 bridgehead atoms. The molecule has 0 radical (unpaired) electrons. The SMILES string of the molecule is CCOc1nnc(-c2cccc(NCCCCCc3nc(C4CC4)no3)c2)o1. The van der Waals surface area contributed by atoms with Gasteiger partial charge in [-0.1, -0.05) is 22.7 Å². The van der Waals surface area contributed by atoms with E-state index in [1.165, 1.54) is 12.8 Å². The third-order valence-corrected chi connectivity index (χ3v) is 4.61. The summed E-state index contributed by atoms with van der Waals surface area (Å²) in [6.45, 7) is 3.27. The first-order valence-electron chi connectivity index (χ1n) is 9.95. The zero-order chi connectivity index (χ0) is 19.2. The van der Waals surface area contributed by atoms with E-state index in [0.29, 0.717) is 18.4 Å². The van der Waals surface area contributed by atoms with Crippen molar-refractivity contribution in [2.75, 3.05) is 18.5 Å². The van der Waals surface area contributed by atoms with Crippen molar-refractivity contribution in [3.63, 3.8) is 0 Å². The molecule has 8 heteroatoms. The molecule has 2 heterocycles. The van der Waals surface area contributed by atoms with Crippen LogP contribution in [-0.4, -0.2) is 33.5 Å². The number of nitrogens with one attached hydrogen (secondary N) is 1. The normalized spacial score (nSPS) is 13.6.